The molecular formula is C30H30N4O2. The van der Waals surface area contributed by atoms with E-state index in [2.05, 4.69) is 24.4 Å². The van der Waals surface area contributed by atoms with Crippen LogP contribution in [-0.4, -0.2) is 32.0 Å². The highest BCUT2D eigenvalue weighted by molar-refractivity contribution is 6.00. The van der Waals surface area contributed by atoms with Gasteiger partial charge < -0.3 is 10.2 Å². The summed E-state index contributed by atoms with van der Waals surface area (Å²) in [6.07, 6.45) is 0.948. The summed E-state index contributed by atoms with van der Waals surface area (Å²) in [5.41, 5.74) is 4.26. The number of amides is 2. The minimum atomic E-state index is -1.11. The van der Waals surface area contributed by atoms with E-state index >= 15 is 0 Å². The molecule has 3 aromatic carbocycles. The maximum atomic E-state index is 13.9. The summed E-state index contributed by atoms with van der Waals surface area (Å²) in [5, 5.41) is 7.78. The van der Waals surface area contributed by atoms with Crippen LogP contribution in [0.5, 0.6) is 0 Å². The first-order valence-electron chi connectivity index (χ1n) is 12.3. The van der Waals surface area contributed by atoms with E-state index < -0.39 is 5.54 Å². The Morgan fingerprint density at radius 2 is 1.56 bits per heavy atom. The fourth-order valence-electron chi connectivity index (χ4n) is 4.67. The van der Waals surface area contributed by atoms with E-state index in [-0.39, 0.29) is 18.4 Å². The molecule has 0 saturated carbocycles. The van der Waals surface area contributed by atoms with Gasteiger partial charge in [0.05, 0.1) is 12.2 Å². The average molecular weight is 479 g/mol. The molecule has 182 valence electrons. The van der Waals surface area contributed by atoms with E-state index in [0.717, 1.165) is 28.8 Å². The van der Waals surface area contributed by atoms with Gasteiger partial charge in [-0.05, 0) is 36.1 Å². The molecule has 5 rings (SSSR count). The first kappa shape index (κ1) is 23.5. The largest absolute Gasteiger partial charge is 0.350 e. The van der Waals surface area contributed by atoms with Crippen molar-refractivity contribution in [3.63, 3.8) is 0 Å². The molecule has 1 aromatic heterocycles. The number of aromatic nitrogens is 2. The summed E-state index contributed by atoms with van der Waals surface area (Å²) < 4.78 is 1.68. The van der Waals surface area contributed by atoms with Gasteiger partial charge in [0.1, 0.15) is 11.2 Å². The predicted octanol–water partition coefficient (Wildman–Crippen LogP) is 4.84. The van der Waals surface area contributed by atoms with Crippen molar-refractivity contribution in [2.75, 3.05) is 0 Å². The predicted molar refractivity (Wildman–Crippen MR) is 140 cm³/mol. The molecule has 0 fully saturated rings. The third-order valence-electron chi connectivity index (χ3n) is 6.92. The van der Waals surface area contributed by atoms with Crippen LogP contribution in [0.2, 0.25) is 0 Å². The molecule has 1 aliphatic heterocycles. The van der Waals surface area contributed by atoms with Crippen molar-refractivity contribution in [2.24, 2.45) is 0 Å². The molecule has 6 heteroatoms. The Morgan fingerprint density at radius 3 is 2.22 bits per heavy atom. The molecule has 0 spiro atoms. The Morgan fingerprint density at radius 1 is 0.917 bits per heavy atom. The van der Waals surface area contributed by atoms with Crippen LogP contribution in [0, 0.1) is 0 Å². The van der Waals surface area contributed by atoms with Crippen LogP contribution in [0.25, 0.3) is 11.3 Å². The molecule has 0 bridgehead atoms. The molecule has 1 aliphatic rings. The molecule has 0 aliphatic carbocycles. The van der Waals surface area contributed by atoms with Gasteiger partial charge in [-0.15, -0.1) is 0 Å². The van der Waals surface area contributed by atoms with Gasteiger partial charge in [0.15, 0.2) is 0 Å². The number of hydrogen-bond acceptors (Lipinski definition) is 3. The fourth-order valence-corrected chi connectivity index (χ4v) is 4.67. The molecule has 2 amide bonds. The van der Waals surface area contributed by atoms with Crippen molar-refractivity contribution in [3.05, 3.63) is 113 Å². The van der Waals surface area contributed by atoms with Crippen LogP contribution in [0.15, 0.2) is 91.0 Å². The van der Waals surface area contributed by atoms with Gasteiger partial charge in [0, 0.05) is 18.7 Å². The Bertz CT molecular complexity index is 1360. The van der Waals surface area contributed by atoms with E-state index in [1.54, 1.807) is 9.58 Å². The minimum absolute atomic E-state index is 0.201. The SMILES string of the molecule is CCc1ccc(CN2C(=O)c3cc(-c4ccccc4)nn3CC2(C)C(=O)NCc2ccccc2)cc1. The van der Waals surface area contributed by atoms with E-state index in [4.69, 9.17) is 5.10 Å². The zero-order valence-electron chi connectivity index (χ0n) is 20.6. The van der Waals surface area contributed by atoms with Gasteiger partial charge in [-0.3, -0.25) is 14.3 Å². The third-order valence-corrected chi connectivity index (χ3v) is 6.92. The fraction of sp³-hybridized carbons (Fsp3) is 0.233. The number of hydrogen-bond donors (Lipinski definition) is 1. The lowest BCUT2D eigenvalue weighted by molar-refractivity contribution is -0.133. The van der Waals surface area contributed by atoms with Crippen molar-refractivity contribution in [2.45, 2.75) is 45.4 Å². The summed E-state index contributed by atoms with van der Waals surface area (Å²) in [6.45, 7) is 4.95. The number of fused-ring (bicyclic) bond motifs is 1. The maximum absolute atomic E-state index is 13.9. The Labute approximate surface area is 211 Å². The van der Waals surface area contributed by atoms with E-state index in [9.17, 15) is 9.59 Å². The number of carbonyl (C=O) groups excluding carboxylic acids is 2. The minimum Gasteiger partial charge on any atom is -0.350 e. The summed E-state index contributed by atoms with van der Waals surface area (Å²) >= 11 is 0. The molecule has 1 atom stereocenters. The van der Waals surface area contributed by atoms with Crippen LogP contribution in [0.4, 0.5) is 0 Å². The van der Waals surface area contributed by atoms with Gasteiger partial charge in [-0.25, -0.2) is 0 Å². The van der Waals surface area contributed by atoms with Crippen LogP contribution < -0.4 is 5.32 Å². The number of rotatable bonds is 7. The second-order valence-electron chi connectivity index (χ2n) is 9.44. The molecule has 0 saturated heterocycles. The lowest BCUT2D eigenvalue weighted by Crippen LogP contribution is -2.63. The smallest absolute Gasteiger partial charge is 0.273 e. The highest BCUT2D eigenvalue weighted by Crippen LogP contribution is 2.31. The number of nitrogens with one attached hydrogen (secondary N) is 1. The van der Waals surface area contributed by atoms with Gasteiger partial charge in [-0.1, -0.05) is 91.9 Å². The highest BCUT2D eigenvalue weighted by atomic mass is 16.2. The molecule has 2 heterocycles. The monoisotopic (exact) mass is 478 g/mol. The molecule has 6 nitrogen and oxygen atoms in total. The van der Waals surface area contributed by atoms with Crippen molar-refractivity contribution in [1.29, 1.82) is 0 Å². The molecule has 1 N–H and O–H groups in total. The number of benzene rings is 3. The Balaban J connectivity index is 1.49. The van der Waals surface area contributed by atoms with Crippen molar-refractivity contribution in [1.82, 2.24) is 20.0 Å². The Hall–Kier alpha value is -4.19. The molecule has 0 radical (unpaired) electrons. The summed E-state index contributed by atoms with van der Waals surface area (Å²) in [4.78, 5) is 29.2. The van der Waals surface area contributed by atoms with Gasteiger partial charge in [0.2, 0.25) is 5.91 Å². The highest BCUT2D eigenvalue weighted by Gasteiger charge is 2.47. The van der Waals surface area contributed by atoms with E-state index in [1.807, 2.05) is 85.8 Å². The third kappa shape index (κ3) is 4.54. The summed E-state index contributed by atoms with van der Waals surface area (Å²) in [5.74, 6) is -0.403. The van der Waals surface area contributed by atoms with Gasteiger partial charge in [-0.2, -0.15) is 5.10 Å². The van der Waals surface area contributed by atoms with Crippen molar-refractivity contribution < 1.29 is 9.59 Å². The van der Waals surface area contributed by atoms with Crippen LogP contribution in [0.1, 0.15) is 41.0 Å². The quantitative estimate of drug-likeness (QED) is 0.413. The summed E-state index contributed by atoms with van der Waals surface area (Å²) in [7, 11) is 0. The zero-order valence-corrected chi connectivity index (χ0v) is 20.6. The maximum Gasteiger partial charge on any atom is 0.273 e. The van der Waals surface area contributed by atoms with Crippen LogP contribution >= 0.6 is 0 Å². The lowest BCUT2D eigenvalue weighted by Gasteiger charge is -2.43. The first-order chi connectivity index (χ1) is 17.5. The van der Waals surface area contributed by atoms with Crippen LogP contribution in [0.3, 0.4) is 0 Å². The second kappa shape index (κ2) is 9.82. The second-order valence-corrected chi connectivity index (χ2v) is 9.44. The number of nitrogens with zero attached hydrogens (tertiary/aromatic N) is 3. The van der Waals surface area contributed by atoms with Gasteiger partial charge in [0.25, 0.3) is 5.91 Å². The number of carbonyl (C=O) groups is 2. The van der Waals surface area contributed by atoms with Gasteiger partial charge >= 0.3 is 0 Å². The van der Waals surface area contributed by atoms with E-state index in [0.29, 0.717) is 18.8 Å². The van der Waals surface area contributed by atoms with Crippen molar-refractivity contribution in [3.8, 4) is 11.3 Å². The lowest BCUT2D eigenvalue weighted by atomic mass is 9.93. The van der Waals surface area contributed by atoms with Crippen LogP contribution in [-0.2, 0) is 30.8 Å². The topological polar surface area (TPSA) is 67.2 Å². The summed E-state index contributed by atoms with van der Waals surface area (Å²) in [6, 6.07) is 29.6. The standard InChI is InChI=1S/C30H30N4O2/c1-3-22-14-16-24(17-15-22)20-33-28(35)27-18-26(25-12-8-5-9-13-25)32-34(27)21-30(33,2)29(36)31-19-23-10-6-4-7-11-23/h4-18H,3,19-21H2,1-2H3,(H,31,36). The molecule has 36 heavy (non-hydrogen) atoms. The van der Waals surface area contributed by atoms with Crippen molar-refractivity contribution >= 4 is 11.8 Å². The molecular weight excluding hydrogens is 448 g/mol. The number of aryl methyl sites for hydroxylation is 1. The Kier molecular flexibility index (Phi) is 6.42. The molecule has 4 aromatic rings. The normalized spacial score (nSPS) is 17.1. The molecule has 1 unspecified atom stereocenters. The average Bonchev–Trinajstić information content (AvgIpc) is 3.35. The zero-order chi connectivity index (χ0) is 25.1. The van der Waals surface area contributed by atoms with E-state index in [1.165, 1.54) is 5.56 Å². The first-order valence-corrected chi connectivity index (χ1v) is 12.3.